The Morgan fingerprint density at radius 2 is 2.17 bits per heavy atom. The summed E-state index contributed by atoms with van der Waals surface area (Å²) in [5.74, 6) is -2.37. The zero-order valence-electron chi connectivity index (χ0n) is 10.4. The van der Waals surface area contributed by atoms with E-state index in [4.69, 9.17) is 0 Å². The van der Waals surface area contributed by atoms with Crippen LogP contribution in [0.5, 0.6) is 0 Å². The fourth-order valence-electron chi connectivity index (χ4n) is 2.24. The van der Waals surface area contributed by atoms with Crippen molar-refractivity contribution < 1.29 is 8.78 Å². The lowest BCUT2D eigenvalue weighted by Gasteiger charge is -2.26. The van der Waals surface area contributed by atoms with Gasteiger partial charge in [0.15, 0.2) is 0 Å². The summed E-state index contributed by atoms with van der Waals surface area (Å²) in [5.41, 5.74) is 0.929. The molecule has 0 aliphatic carbocycles. The minimum absolute atomic E-state index is 0.386. The Balaban J connectivity index is 2.20. The zero-order chi connectivity index (χ0) is 13.0. The van der Waals surface area contributed by atoms with Crippen LogP contribution in [0.25, 0.3) is 0 Å². The maximum atomic E-state index is 12.6. The molecule has 1 aliphatic rings. The predicted molar refractivity (Wildman–Crippen MR) is 72.6 cm³/mol. The highest BCUT2D eigenvalue weighted by molar-refractivity contribution is 7.99. The van der Waals surface area contributed by atoms with E-state index in [-0.39, 0.29) is 0 Å². The third-order valence-electron chi connectivity index (χ3n) is 3.01. The molecule has 2 rings (SSSR count). The van der Waals surface area contributed by atoms with Crippen molar-refractivity contribution in [2.24, 2.45) is 0 Å². The number of anilines is 1. The van der Waals surface area contributed by atoms with Crippen LogP contribution in [0.15, 0.2) is 29.2 Å². The standard InChI is InChI=1S/C13H18F2N2S/c1-10-9-17(8-4-7-16-10)11-5-2-3-6-12(11)18-13(14)15/h2-3,5-6,10,13,16H,4,7-9H2,1H3. The molecule has 1 N–H and O–H groups in total. The summed E-state index contributed by atoms with van der Waals surface area (Å²) in [7, 11) is 0. The Morgan fingerprint density at radius 3 is 2.94 bits per heavy atom. The number of hydrogen-bond donors (Lipinski definition) is 1. The second-order valence-corrected chi connectivity index (χ2v) is 5.53. The van der Waals surface area contributed by atoms with Crippen molar-refractivity contribution in [2.45, 2.75) is 30.0 Å². The average Bonchev–Trinajstić information content (AvgIpc) is 2.54. The molecule has 0 radical (unpaired) electrons. The van der Waals surface area contributed by atoms with Gasteiger partial charge in [-0.15, -0.1) is 0 Å². The summed E-state index contributed by atoms with van der Waals surface area (Å²) < 4.78 is 25.1. The van der Waals surface area contributed by atoms with Gasteiger partial charge in [0.25, 0.3) is 5.76 Å². The molecule has 1 aromatic carbocycles. The van der Waals surface area contributed by atoms with Gasteiger partial charge in [0.05, 0.1) is 5.69 Å². The molecule has 18 heavy (non-hydrogen) atoms. The predicted octanol–water partition coefficient (Wildman–Crippen LogP) is 3.19. The lowest BCUT2D eigenvalue weighted by atomic mass is 10.2. The van der Waals surface area contributed by atoms with Gasteiger partial charge < -0.3 is 10.2 Å². The molecule has 1 aliphatic heterocycles. The van der Waals surface area contributed by atoms with Crippen LogP contribution in [0.1, 0.15) is 13.3 Å². The molecular weight excluding hydrogens is 254 g/mol. The molecule has 5 heteroatoms. The molecule has 0 saturated carbocycles. The third kappa shape index (κ3) is 3.59. The first-order valence-electron chi connectivity index (χ1n) is 6.19. The molecule has 0 amide bonds. The lowest BCUT2D eigenvalue weighted by molar-refractivity contribution is 0.252. The van der Waals surface area contributed by atoms with Gasteiger partial charge in [-0.2, -0.15) is 8.78 Å². The molecule has 100 valence electrons. The van der Waals surface area contributed by atoms with Gasteiger partial charge in [-0.25, -0.2) is 0 Å². The largest absolute Gasteiger partial charge is 0.369 e. The molecular formula is C13H18F2N2S. The number of alkyl halides is 2. The molecule has 0 bridgehead atoms. The van der Waals surface area contributed by atoms with Crippen molar-refractivity contribution in [1.82, 2.24) is 5.32 Å². The van der Waals surface area contributed by atoms with Gasteiger partial charge in [0, 0.05) is 24.0 Å². The van der Waals surface area contributed by atoms with Crippen LogP contribution in [0.3, 0.4) is 0 Å². The summed E-state index contributed by atoms with van der Waals surface area (Å²) in [6.45, 7) is 4.89. The van der Waals surface area contributed by atoms with E-state index in [0.717, 1.165) is 31.7 Å². The third-order valence-corrected chi connectivity index (χ3v) is 3.79. The minimum atomic E-state index is -2.37. The first-order chi connectivity index (χ1) is 8.66. The van der Waals surface area contributed by atoms with Gasteiger partial charge in [0.2, 0.25) is 0 Å². The fourth-order valence-corrected chi connectivity index (χ4v) is 2.90. The summed E-state index contributed by atoms with van der Waals surface area (Å²) in [5, 5.41) is 3.41. The Hall–Kier alpha value is -0.810. The van der Waals surface area contributed by atoms with Crippen LogP contribution in [-0.4, -0.2) is 31.4 Å². The zero-order valence-corrected chi connectivity index (χ0v) is 11.2. The van der Waals surface area contributed by atoms with Crippen LogP contribution in [0, 0.1) is 0 Å². The molecule has 1 fully saturated rings. The van der Waals surface area contributed by atoms with E-state index >= 15 is 0 Å². The number of benzene rings is 1. The smallest absolute Gasteiger partial charge is 0.288 e. The van der Waals surface area contributed by atoms with Gasteiger partial charge in [-0.1, -0.05) is 23.9 Å². The first-order valence-corrected chi connectivity index (χ1v) is 7.07. The molecule has 1 aromatic rings. The van der Waals surface area contributed by atoms with Crippen LogP contribution < -0.4 is 10.2 Å². The molecule has 1 atom stereocenters. The molecule has 1 unspecified atom stereocenters. The SMILES string of the molecule is CC1CN(c2ccccc2SC(F)F)CCCN1. The summed E-state index contributed by atoms with van der Waals surface area (Å²) in [6, 6.07) is 7.82. The van der Waals surface area contributed by atoms with Crippen LogP contribution in [0.4, 0.5) is 14.5 Å². The molecule has 0 aromatic heterocycles. The lowest BCUT2D eigenvalue weighted by Crippen LogP contribution is -2.35. The first kappa shape index (κ1) is 13.6. The van der Waals surface area contributed by atoms with E-state index in [2.05, 4.69) is 17.1 Å². The fraction of sp³-hybridized carbons (Fsp3) is 0.538. The summed E-state index contributed by atoms with van der Waals surface area (Å²) in [6.07, 6.45) is 1.04. The normalized spacial score (nSPS) is 21.1. The van der Waals surface area contributed by atoms with E-state index in [1.807, 2.05) is 18.2 Å². The average molecular weight is 272 g/mol. The number of thioether (sulfide) groups is 1. The minimum Gasteiger partial charge on any atom is -0.369 e. The Bertz CT molecular complexity index is 387. The highest BCUT2D eigenvalue weighted by atomic mass is 32.2. The van der Waals surface area contributed by atoms with Gasteiger partial charge in [0.1, 0.15) is 0 Å². The monoisotopic (exact) mass is 272 g/mol. The maximum Gasteiger partial charge on any atom is 0.288 e. The summed E-state index contributed by atoms with van der Waals surface area (Å²) >= 11 is 0.631. The highest BCUT2D eigenvalue weighted by Gasteiger charge is 2.18. The number of rotatable bonds is 3. The number of halogens is 2. The number of para-hydroxylation sites is 1. The van der Waals surface area contributed by atoms with E-state index in [9.17, 15) is 8.78 Å². The van der Waals surface area contributed by atoms with E-state index < -0.39 is 5.76 Å². The van der Waals surface area contributed by atoms with Crippen molar-refractivity contribution in [2.75, 3.05) is 24.5 Å². The van der Waals surface area contributed by atoms with E-state index in [1.165, 1.54) is 0 Å². The molecule has 1 saturated heterocycles. The topological polar surface area (TPSA) is 15.3 Å². The molecule has 0 spiro atoms. The van der Waals surface area contributed by atoms with Crippen LogP contribution in [-0.2, 0) is 0 Å². The van der Waals surface area contributed by atoms with Crippen molar-refractivity contribution in [3.63, 3.8) is 0 Å². The number of nitrogens with zero attached hydrogens (tertiary/aromatic N) is 1. The van der Waals surface area contributed by atoms with Crippen molar-refractivity contribution in [3.05, 3.63) is 24.3 Å². The van der Waals surface area contributed by atoms with Gasteiger partial charge in [-0.3, -0.25) is 0 Å². The Labute approximate surface area is 111 Å². The summed E-state index contributed by atoms with van der Waals surface area (Å²) in [4.78, 5) is 2.87. The van der Waals surface area contributed by atoms with Crippen molar-refractivity contribution in [1.29, 1.82) is 0 Å². The number of nitrogens with one attached hydrogen (secondary N) is 1. The molecule has 1 heterocycles. The van der Waals surface area contributed by atoms with Crippen molar-refractivity contribution in [3.8, 4) is 0 Å². The van der Waals surface area contributed by atoms with Gasteiger partial charge in [-0.05, 0) is 32.0 Å². The van der Waals surface area contributed by atoms with Gasteiger partial charge >= 0.3 is 0 Å². The molecule has 2 nitrogen and oxygen atoms in total. The quantitative estimate of drug-likeness (QED) is 0.851. The number of hydrogen-bond acceptors (Lipinski definition) is 3. The highest BCUT2D eigenvalue weighted by Crippen LogP contribution is 2.34. The van der Waals surface area contributed by atoms with E-state index in [1.54, 1.807) is 6.07 Å². The van der Waals surface area contributed by atoms with E-state index in [0.29, 0.717) is 22.7 Å². The Kier molecular flexibility index (Phi) is 4.83. The maximum absolute atomic E-state index is 12.6. The van der Waals surface area contributed by atoms with Crippen molar-refractivity contribution >= 4 is 17.4 Å². The second-order valence-electron chi connectivity index (χ2n) is 4.50. The Morgan fingerprint density at radius 1 is 1.39 bits per heavy atom. The van der Waals surface area contributed by atoms with Crippen LogP contribution in [0.2, 0.25) is 0 Å². The second kappa shape index (κ2) is 6.38. The van der Waals surface area contributed by atoms with Crippen LogP contribution >= 0.6 is 11.8 Å².